The lowest BCUT2D eigenvalue weighted by molar-refractivity contribution is 0.308. The maximum absolute atomic E-state index is 2.37. The minimum absolute atomic E-state index is 1.02. The Bertz CT molecular complexity index is 135. The molecule has 0 heteroatoms. The van der Waals surface area contributed by atoms with Gasteiger partial charge in [-0.1, -0.05) is 66.2 Å². The maximum Gasteiger partial charge on any atom is -0.0440 e. The van der Waals surface area contributed by atoms with Crippen molar-refractivity contribution in [2.75, 3.05) is 0 Å². The summed E-state index contributed by atoms with van der Waals surface area (Å²) in [5.41, 5.74) is 0. The third kappa shape index (κ3) is 5.58. The zero-order valence-corrected chi connectivity index (χ0v) is 11.3. The molecule has 0 bridgehead atoms. The molecular formula is C15H30. The molecule has 2 atom stereocenters. The summed E-state index contributed by atoms with van der Waals surface area (Å²) in [6.45, 7) is 9.44. The van der Waals surface area contributed by atoms with E-state index in [1.165, 1.54) is 44.9 Å². The van der Waals surface area contributed by atoms with E-state index in [0.717, 1.165) is 23.7 Å². The summed E-state index contributed by atoms with van der Waals surface area (Å²) < 4.78 is 0. The first-order valence-electron chi connectivity index (χ1n) is 7.08. The Balaban J connectivity index is 0.000000151. The van der Waals surface area contributed by atoms with E-state index < -0.39 is 0 Å². The molecule has 2 aliphatic rings. The molecule has 90 valence electrons. The van der Waals surface area contributed by atoms with E-state index in [4.69, 9.17) is 0 Å². The monoisotopic (exact) mass is 210 g/mol. The largest absolute Gasteiger partial charge is 0.0625 e. The Morgan fingerprint density at radius 3 is 0.933 bits per heavy atom. The van der Waals surface area contributed by atoms with Crippen LogP contribution in [-0.2, 0) is 0 Å². The predicted octanol–water partition coefficient (Wildman–Crippen LogP) is 5.28. The first kappa shape index (κ1) is 13.1. The topological polar surface area (TPSA) is 0 Å². The van der Waals surface area contributed by atoms with Gasteiger partial charge in [-0.2, -0.15) is 0 Å². The van der Waals surface area contributed by atoms with Gasteiger partial charge in [-0.25, -0.2) is 0 Å². The van der Waals surface area contributed by atoms with Crippen LogP contribution in [0, 0.1) is 23.7 Å². The first-order valence-corrected chi connectivity index (χ1v) is 7.08. The Kier molecular flexibility index (Phi) is 5.71. The average Bonchev–Trinajstić information content (AvgIpc) is 2.56. The average molecular weight is 210 g/mol. The van der Waals surface area contributed by atoms with Gasteiger partial charge in [0.15, 0.2) is 0 Å². The molecule has 2 saturated carbocycles. The van der Waals surface area contributed by atoms with Crippen LogP contribution in [0.2, 0.25) is 0 Å². The fourth-order valence-electron chi connectivity index (χ4n) is 2.92. The minimum atomic E-state index is 1.02. The molecule has 0 heterocycles. The molecule has 2 unspecified atom stereocenters. The predicted molar refractivity (Wildman–Crippen MR) is 69.0 cm³/mol. The van der Waals surface area contributed by atoms with E-state index in [0.29, 0.717) is 0 Å². The molecule has 0 aromatic heterocycles. The highest BCUT2D eigenvalue weighted by atomic mass is 14.2. The summed E-state index contributed by atoms with van der Waals surface area (Å²) >= 11 is 0. The maximum atomic E-state index is 2.37. The lowest BCUT2D eigenvalue weighted by Gasteiger charge is -2.22. The molecule has 0 aromatic rings. The number of hydrogen-bond acceptors (Lipinski definition) is 0. The van der Waals surface area contributed by atoms with Gasteiger partial charge in [0.05, 0.1) is 0 Å². The van der Waals surface area contributed by atoms with Crippen molar-refractivity contribution in [1.82, 2.24) is 0 Å². The van der Waals surface area contributed by atoms with E-state index in [1.807, 2.05) is 0 Å². The van der Waals surface area contributed by atoms with Gasteiger partial charge in [-0.05, 0) is 30.1 Å². The molecular weight excluding hydrogens is 180 g/mol. The van der Waals surface area contributed by atoms with Gasteiger partial charge in [0.2, 0.25) is 0 Å². The van der Waals surface area contributed by atoms with E-state index in [9.17, 15) is 0 Å². The summed E-state index contributed by atoms with van der Waals surface area (Å²) in [7, 11) is 0. The van der Waals surface area contributed by atoms with Crippen LogP contribution in [0.25, 0.3) is 0 Å². The van der Waals surface area contributed by atoms with Gasteiger partial charge in [0.25, 0.3) is 0 Å². The second-order valence-corrected chi connectivity index (χ2v) is 6.39. The summed E-state index contributed by atoms with van der Waals surface area (Å²) in [4.78, 5) is 0. The zero-order chi connectivity index (χ0) is 11.3. The van der Waals surface area contributed by atoms with Gasteiger partial charge < -0.3 is 0 Å². The molecule has 0 amide bonds. The Morgan fingerprint density at radius 1 is 0.467 bits per heavy atom. The lowest BCUT2D eigenvalue weighted by Crippen LogP contribution is -2.08. The minimum Gasteiger partial charge on any atom is -0.0625 e. The number of rotatable bonds is 0. The lowest BCUT2D eigenvalue weighted by atomic mass is 9.84. The zero-order valence-electron chi connectivity index (χ0n) is 11.3. The molecule has 2 rings (SSSR count). The molecule has 0 aromatic carbocycles. The van der Waals surface area contributed by atoms with Crippen molar-refractivity contribution in [3.63, 3.8) is 0 Å². The van der Waals surface area contributed by atoms with Gasteiger partial charge in [0, 0.05) is 0 Å². The van der Waals surface area contributed by atoms with Crippen LogP contribution in [0.1, 0.15) is 72.6 Å². The molecule has 0 spiro atoms. The second-order valence-electron chi connectivity index (χ2n) is 6.39. The molecule has 0 aliphatic heterocycles. The first-order chi connectivity index (χ1) is 7.08. The summed E-state index contributed by atoms with van der Waals surface area (Å²) in [6, 6.07) is 0. The molecule has 0 saturated heterocycles. The molecule has 2 fully saturated rings. The SMILES string of the molecule is CC1CCC(C)C1.CC1CCC(C)CC1. The Hall–Kier alpha value is 0. The summed E-state index contributed by atoms with van der Waals surface area (Å²) in [5.74, 6) is 4.09. The van der Waals surface area contributed by atoms with Gasteiger partial charge >= 0.3 is 0 Å². The van der Waals surface area contributed by atoms with Crippen LogP contribution in [0.3, 0.4) is 0 Å². The van der Waals surface area contributed by atoms with E-state index in [2.05, 4.69) is 27.7 Å². The van der Waals surface area contributed by atoms with E-state index in [-0.39, 0.29) is 0 Å². The highest BCUT2D eigenvalue weighted by Gasteiger charge is 2.16. The smallest absolute Gasteiger partial charge is 0.0440 e. The standard InChI is InChI=1S/C8H16.C7H14/c1-7-3-5-8(2)6-4-7;1-6-3-4-7(2)5-6/h7-8H,3-6H2,1-2H3;6-7H,3-5H2,1-2H3. The van der Waals surface area contributed by atoms with E-state index in [1.54, 1.807) is 0 Å². The van der Waals surface area contributed by atoms with Crippen LogP contribution in [0.15, 0.2) is 0 Å². The highest BCUT2D eigenvalue weighted by molar-refractivity contribution is 4.68. The van der Waals surface area contributed by atoms with Gasteiger partial charge in [0.1, 0.15) is 0 Å². The van der Waals surface area contributed by atoms with Crippen molar-refractivity contribution in [3.05, 3.63) is 0 Å². The fraction of sp³-hybridized carbons (Fsp3) is 1.00. The van der Waals surface area contributed by atoms with Crippen molar-refractivity contribution < 1.29 is 0 Å². The Labute approximate surface area is 96.8 Å². The van der Waals surface area contributed by atoms with Crippen molar-refractivity contribution in [2.45, 2.75) is 72.6 Å². The van der Waals surface area contributed by atoms with E-state index >= 15 is 0 Å². The van der Waals surface area contributed by atoms with Crippen LogP contribution in [-0.4, -0.2) is 0 Å². The van der Waals surface area contributed by atoms with Crippen LogP contribution >= 0.6 is 0 Å². The van der Waals surface area contributed by atoms with Crippen LogP contribution in [0.5, 0.6) is 0 Å². The van der Waals surface area contributed by atoms with Crippen molar-refractivity contribution in [3.8, 4) is 0 Å². The molecule has 2 aliphatic carbocycles. The van der Waals surface area contributed by atoms with Crippen LogP contribution in [0.4, 0.5) is 0 Å². The fourth-order valence-corrected chi connectivity index (χ4v) is 2.92. The van der Waals surface area contributed by atoms with Crippen molar-refractivity contribution >= 4 is 0 Å². The number of hydrogen-bond donors (Lipinski definition) is 0. The third-order valence-electron chi connectivity index (χ3n) is 4.26. The molecule has 0 N–H and O–H groups in total. The normalized spacial score (nSPS) is 40.8. The van der Waals surface area contributed by atoms with Crippen molar-refractivity contribution in [1.29, 1.82) is 0 Å². The summed E-state index contributed by atoms with van der Waals surface area (Å²) in [6.07, 6.45) is 10.3. The third-order valence-corrected chi connectivity index (χ3v) is 4.26. The quantitative estimate of drug-likeness (QED) is 0.510. The molecule has 15 heavy (non-hydrogen) atoms. The molecule has 0 radical (unpaired) electrons. The Morgan fingerprint density at radius 2 is 0.733 bits per heavy atom. The van der Waals surface area contributed by atoms with Gasteiger partial charge in [-0.3, -0.25) is 0 Å². The molecule has 0 nitrogen and oxygen atoms in total. The van der Waals surface area contributed by atoms with Gasteiger partial charge in [-0.15, -0.1) is 0 Å². The van der Waals surface area contributed by atoms with Crippen LogP contribution < -0.4 is 0 Å². The van der Waals surface area contributed by atoms with Crippen molar-refractivity contribution in [2.24, 2.45) is 23.7 Å². The second kappa shape index (κ2) is 6.55. The highest BCUT2D eigenvalue weighted by Crippen LogP contribution is 2.29. The summed E-state index contributed by atoms with van der Waals surface area (Å²) in [5, 5.41) is 0.